The van der Waals surface area contributed by atoms with Crippen molar-refractivity contribution in [3.05, 3.63) is 47.9 Å². The molecule has 0 bridgehead atoms. The van der Waals surface area contributed by atoms with Gasteiger partial charge in [0.25, 0.3) is 5.89 Å². The van der Waals surface area contributed by atoms with Gasteiger partial charge in [-0.05, 0) is 25.1 Å². The SMILES string of the molecule is CC(c1nc(-c2ccnc(C(F)(F)F)c2)no1)n1ccc(C(F)(F)F)n1. The second kappa shape index (κ2) is 6.11. The van der Waals surface area contributed by atoms with Crippen LogP contribution < -0.4 is 0 Å². The summed E-state index contributed by atoms with van der Waals surface area (Å²) in [5.41, 5.74) is -2.21. The van der Waals surface area contributed by atoms with Crippen molar-refractivity contribution in [3.63, 3.8) is 0 Å². The van der Waals surface area contributed by atoms with Gasteiger partial charge in [-0.1, -0.05) is 5.16 Å². The molecule has 0 aromatic carbocycles. The highest BCUT2D eigenvalue weighted by Gasteiger charge is 2.35. The molecule has 0 saturated carbocycles. The Balaban J connectivity index is 1.87. The minimum atomic E-state index is -4.64. The van der Waals surface area contributed by atoms with Crippen molar-refractivity contribution < 1.29 is 30.9 Å². The van der Waals surface area contributed by atoms with Crippen LogP contribution in [-0.2, 0) is 12.4 Å². The predicted molar refractivity (Wildman–Crippen MR) is 73.6 cm³/mol. The van der Waals surface area contributed by atoms with Gasteiger partial charge >= 0.3 is 12.4 Å². The molecule has 0 fully saturated rings. The van der Waals surface area contributed by atoms with Crippen LogP contribution >= 0.6 is 0 Å². The van der Waals surface area contributed by atoms with Gasteiger partial charge in [0.15, 0.2) is 5.69 Å². The Morgan fingerprint density at radius 1 is 1.04 bits per heavy atom. The minimum absolute atomic E-state index is 0.00553. The van der Waals surface area contributed by atoms with Crippen molar-refractivity contribution in [2.24, 2.45) is 0 Å². The van der Waals surface area contributed by atoms with Crippen LogP contribution in [0.5, 0.6) is 0 Å². The van der Waals surface area contributed by atoms with Gasteiger partial charge in [-0.3, -0.25) is 9.67 Å². The number of hydrogen-bond donors (Lipinski definition) is 0. The first-order valence-electron chi connectivity index (χ1n) is 7.05. The monoisotopic (exact) mass is 377 g/mol. The smallest absolute Gasteiger partial charge is 0.337 e. The molecule has 3 aromatic heterocycles. The molecule has 0 aliphatic heterocycles. The first-order chi connectivity index (χ1) is 12.1. The fourth-order valence-corrected chi connectivity index (χ4v) is 2.06. The van der Waals surface area contributed by atoms with Gasteiger partial charge < -0.3 is 4.52 Å². The lowest BCUT2D eigenvalue weighted by Gasteiger charge is -2.07. The average molecular weight is 377 g/mol. The first kappa shape index (κ1) is 17.9. The second-order valence-corrected chi connectivity index (χ2v) is 5.24. The molecule has 12 heteroatoms. The number of halogens is 6. The molecule has 138 valence electrons. The molecule has 0 amide bonds. The Kier molecular flexibility index (Phi) is 4.20. The van der Waals surface area contributed by atoms with Gasteiger partial charge in [0.2, 0.25) is 5.82 Å². The van der Waals surface area contributed by atoms with E-state index in [0.717, 1.165) is 29.2 Å². The summed E-state index contributed by atoms with van der Waals surface area (Å²) in [6.07, 6.45) is -7.21. The van der Waals surface area contributed by atoms with E-state index in [1.165, 1.54) is 13.0 Å². The predicted octanol–water partition coefficient (Wildman–Crippen LogP) is 3.98. The number of pyridine rings is 1. The molecule has 0 aliphatic rings. The van der Waals surface area contributed by atoms with Gasteiger partial charge in [-0.25, -0.2) is 0 Å². The fourth-order valence-electron chi connectivity index (χ4n) is 2.06. The zero-order chi connectivity index (χ0) is 19.1. The third kappa shape index (κ3) is 3.53. The molecule has 1 unspecified atom stereocenters. The lowest BCUT2D eigenvalue weighted by Crippen LogP contribution is -2.11. The molecule has 3 heterocycles. The zero-order valence-corrected chi connectivity index (χ0v) is 12.9. The molecule has 0 aliphatic carbocycles. The number of nitrogens with zero attached hydrogens (tertiary/aromatic N) is 5. The largest absolute Gasteiger partial charge is 0.435 e. The van der Waals surface area contributed by atoms with Crippen molar-refractivity contribution >= 4 is 0 Å². The van der Waals surface area contributed by atoms with Crippen LogP contribution in [0.4, 0.5) is 26.3 Å². The Morgan fingerprint density at radius 2 is 1.73 bits per heavy atom. The van der Waals surface area contributed by atoms with Crippen molar-refractivity contribution in [3.8, 4) is 11.4 Å². The summed E-state index contributed by atoms with van der Waals surface area (Å²) in [5, 5.41) is 6.96. The third-order valence-corrected chi connectivity index (χ3v) is 3.40. The number of hydrogen-bond acceptors (Lipinski definition) is 5. The highest BCUT2D eigenvalue weighted by molar-refractivity contribution is 5.54. The van der Waals surface area contributed by atoms with Gasteiger partial charge in [-0.15, -0.1) is 0 Å². The molecule has 0 radical (unpaired) electrons. The Bertz CT molecular complexity index is 913. The maximum Gasteiger partial charge on any atom is 0.435 e. The van der Waals surface area contributed by atoms with Gasteiger partial charge in [-0.2, -0.15) is 36.4 Å². The number of alkyl halides is 6. The first-order valence-corrected chi connectivity index (χ1v) is 7.05. The highest BCUT2D eigenvalue weighted by atomic mass is 19.4. The summed E-state index contributed by atoms with van der Waals surface area (Å²) >= 11 is 0. The molecule has 1 atom stereocenters. The van der Waals surface area contributed by atoms with Crippen molar-refractivity contribution in [1.82, 2.24) is 24.9 Å². The van der Waals surface area contributed by atoms with Crippen molar-refractivity contribution in [2.45, 2.75) is 25.3 Å². The van der Waals surface area contributed by atoms with E-state index in [4.69, 9.17) is 4.52 Å². The molecule has 0 saturated heterocycles. The standard InChI is InChI=1S/C14H9F6N5O/c1-7(25-5-3-9(23-25)13(15,16)17)12-22-11(24-26-12)8-2-4-21-10(6-8)14(18,19)20/h2-7H,1H3. The van der Waals surface area contributed by atoms with Gasteiger partial charge in [0.05, 0.1) is 0 Å². The summed E-state index contributed by atoms with van der Waals surface area (Å²) in [6, 6.07) is 1.93. The lowest BCUT2D eigenvalue weighted by molar-refractivity contribution is -0.142. The van der Waals surface area contributed by atoms with Gasteiger partial charge in [0, 0.05) is 18.0 Å². The Morgan fingerprint density at radius 3 is 2.35 bits per heavy atom. The zero-order valence-electron chi connectivity index (χ0n) is 12.9. The van der Waals surface area contributed by atoms with Crippen LogP contribution in [0.1, 0.15) is 30.2 Å². The topological polar surface area (TPSA) is 69.6 Å². The van der Waals surface area contributed by atoms with Gasteiger partial charge in [0.1, 0.15) is 11.7 Å². The molecule has 3 aromatic rings. The van der Waals surface area contributed by atoms with Crippen LogP contribution in [0.3, 0.4) is 0 Å². The van der Waals surface area contributed by atoms with E-state index < -0.39 is 29.8 Å². The molecule has 6 nitrogen and oxygen atoms in total. The average Bonchev–Trinajstić information content (AvgIpc) is 3.23. The fraction of sp³-hybridized carbons (Fsp3) is 0.286. The summed E-state index contributed by atoms with van der Waals surface area (Å²) in [5.74, 6) is -0.259. The van der Waals surface area contributed by atoms with Crippen LogP contribution in [0.2, 0.25) is 0 Å². The lowest BCUT2D eigenvalue weighted by atomic mass is 10.2. The van der Waals surface area contributed by atoms with E-state index in [0.29, 0.717) is 0 Å². The van der Waals surface area contributed by atoms with Crippen LogP contribution in [-0.4, -0.2) is 24.9 Å². The molecule has 3 rings (SSSR count). The van der Waals surface area contributed by atoms with E-state index in [1.807, 2.05) is 0 Å². The summed E-state index contributed by atoms with van der Waals surface area (Å²) < 4.78 is 81.8. The molecule has 26 heavy (non-hydrogen) atoms. The molecule has 0 spiro atoms. The summed E-state index contributed by atoms with van der Waals surface area (Å²) in [4.78, 5) is 7.16. The van der Waals surface area contributed by atoms with E-state index in [-0.39, 0.29) is 17.3 Å². The number of rotatable bonds is 3. The molecule has 0 N–H and O–H groups in total. The van der Waals surface area contributed by atoms with Crippen molar-refractivity contribution in [1.29, 1.82) is 0 Å². The van der Waals surface area contributed by atoms with Crippen LogP contribution in [0.15, 0.2) is 35.1 Å². The Labute approximate surface area is 141 Å². The normalized spacial score (nSPS) is 13.8. The Hall–Kier alpha value is -2.92. The third-order valence-electron chi connectivity index (χ3n) is 3.40. The minimum Gasteiger partial charge on any atom is -0.337 e. The molecular weight excluding hydrogens is 368 g/mol. The maximum atomic E-state index is 12.7. The maximum absolute atomic E-state index is 12.7. The summed E-state index contributed by atoms with van der Waals surface area (Å²) in [6.45, 7) is 1.46. The van der Waals surface area contributed by atoms with E-state index in [2.05, 4.69) is 20.2 Å². The van der Waals surface area contributed by atoms with Crippen LogP contribution in [0, 0.1) is 0 Å². The molecular formula is C14H9F6N5O. The quantitative estimate of drug-likeness (QED) is 0.646. The van der Waals surface area contributed by atoms with E-state index >= 15 is 0 Å². The van der Waals surface area contributed by atoms with E-state index in [1.54, 1.807) is 0 Å². The van der Waals surface area contributed by atoms with Crippen molar-refractivity contribution in [2.75, 3.05) is 0 Å². The van der Waals surface area contributed by atoms with Crippen LogP contribution in [0.25, 0.3) is 11.4 Å². The second-order valence-electron chi connectivity index (χ2n) is 5.24. The summed E-state index contributed by atoms with van der Waals surface area (Å²) in [7, 11) is 0. The number of aromatic nitrogens is 5. The highest BCUT2D eigenvalue weighted by Crippen LogP contribution is 2.31. The van der Waals surface area contributed by atoms with E-state index in [9.17, 15) is 26.3 Å².